The summed E-state index contributed by atoms with van der Waals surface area (Å²) in [6.07, 6.45) is 1.62. The van der Waals surface area contributed by atoms with E-state index in [0.717, 1.165) is 22.0 Å². The molecule has 0 amide bonds. The van der Waals surface area contributed by atoms with E-state index in [-0.39, 0.29) is 5.91 Å². The van der Waals surface area contributed by atoms with Crippen molar-refractivity contribution in [2.24, 2.45) is 0 Å². The Balaban J connectivity index is 2.07. The fraction of sp³-hybridized carbons (Fsp3) is 0. The van der Waals surface area contributed by atoms with E-state index in [1.165, 1.54) is 0 Å². The summed E-state index contributed by atoms with van der Waals surface area (Å²) in [6, 6.07) is 18.9. The molecule has 0 atom stereocenters. The van der Waals surface area contributed by atoms with Crippen LogP contribution in [-0.4, -0.2) is 10.5 Å². The second-order valence-electron chi connectivity index (χ2n) is 4.66. The molecule has 20 heavy (non-hydrogen) atoms. The zero-order valence-corrected chi connectivity index (χ0v) is 10.6. The molecule has 0 unspecified atom stereocenters. The van der Waals surface area contributed by atoms with Gasteiger partial charge in [-0.25, -0.2) is 0 Å². The smallest absolute Gasteiger partial charge is 0.262 e. The molecule has 2 aromatic carbocycles. The van der Waals surface area contributed by atoms with Gasteiger partial charge in [0, 0.05) is 17.0 Å². The standard InChI is InChI=1S/C17H11NO2/c19-17(12-6-2-1-3-7-12)18-14-9-5-4-8-13(14)16-15(18)10-11-20-16/h1-11H. The number of hydrogen-bond acceptors (Lipinski definition) is 2. The van der Waals surface area contributed by atoms with Crippen LogP contribution < -0.4 is 0 Å². The van der Waals surface area contributed by atoms with Crippen molar-refractivity contribution in [2.75, 3.05) is 0 Å². The molecule has 4 aromatic rings. The van der Waals surface area contributed by atoms with Crippen molar-refractivity contribution in [3.8, 4) is 0 Å². The highest BCUT2D eigenvalue weighted by molar-refractivity contribution is 6.14. The van der Waals surface area contributed by atoms with E-state index < -0.39 is 0 Å². The van der Waals surface area contributed by atoms with Crippen LogP contribution in [0.3, 0.4) is 0 Å². The van der Waals surface area contributed by atoms with Gasteiger partial charge in [-0.3, -0.25) is 9.36 Å². The number of furan rings is 1. The van der Waals surface area contributed by atoms with Crippen LogP contribution in [-0.2, 0) is 0 Å². The lowest BCUT2D eigenvalue weighted by molar-refractivity contribution is 0.0969. The normalized spacial score (nSPS) is 11.2. The number of nitrogens with zero attached hydrogens (tertiary/aromatic N) is 1. The Kier molecular flexibility index (Phi) is 2.27. The molecule has 3 heteroatoms. The van der Waals surface area contributed by atoms with Crippen LogP contribution in [0.5, 0.6) is 0 Å². The lowest BCUT2D eigenvalue weighted by atomic mass is 10.2. The third-order valence-electron chi connectivity index (χ3n) is 3.50. The number of rotatable bonds is 1. The number of aromatic nitrogens is 1. The van der Waals surface area contributed by atoms with Gasteiger partial charge in [0.15, 0.2) is 5.58 Å². The predicted octanol–water partition coefficient (Wildman–Crippen LogP) is 4.08. The minimum Gasteiger partial charge on any atom is -0.462 e. The molecule has 0 aliphatic heterocycles. The number of para-hydroxylation sites is 1. The van der Waals surface area contributed by atoms with Gasteiger partial charge in [-0.1, -0.05) is 30.3 Å². The molecule has 96 valence electrons. The molecular weight excluding hydrogens is 250 g/mol. The summed E-state index contributed by atoms with van der Waals surface area (Å²) in [7, 11) is 0. The highest BCUT2D eigenvalue weighted by Crippen LogP contribution is 2.30. The molecule has 0 radical (unpaired) electrons. The van der Waals surface area contributed by atoms with E-state index in [2.05, 4.69) is 0 Å². The fourth-order valence-electron chi connectivity index (χ4n) is 2.60. The summed E-state index contributed by atoms with van der Waals surface area (Å²) in [5.41, 5.74) is 3.09. The Hall–Kier alpha value is -2.81. The molecule has 0 bridgehead atoms. The number of benzene rings is 2. The van der Waals surface area contributed by atoms with Crippen molar-refractivity contribution in [3.05, 3.63) is 72.5 Å². The first-order valence-electron chi connectivity index (χ1n) is 6.42. The quantitative estimate of drug-likeness (QED) is 0.517. The van der Waals surface area contributed by atoms with Gasteiger partial charge in [-0.05, 0) is 24.3 Å². The van der Waals surface area contributed by atoms with Crippen molar-refractivity contribution in [3.63, 3.8) is 0 Å². The minimum atomic E-state index is -0.0433. The summed E-state index contributed by atoms with van der Waals surface area (Å²) < 4.78 is 7.24. The summed E-state index contributed by atoms with van der Waals surface area (Å²) >= 11 is 0. The van der Waals surface area contributed by atoms with Crippen LogP contribution in [0.25, 0.3) is 22.0 Å². The van der Waals surface area contributed by atoms with Crippen LogP contribution in [0, 0.1) is 0 Å². The zero-order chi connectivity index (χ0) is 13.5. The van der Waals surface area contributed by atoms with Crippen molar-refractivity contribution in [1.29, 1.82) is 0 Å². The van der Waals surface area contributed by atoms with E-state index >= 15 is 0 Å². The summed E-state index contributed by atoms with van der Waals surface area (Å²) in [6.45, 7) is 0. The molecule has 2 heterocycles. The number of fused-ring (bicyclic) bond motifs is 3. The Labute approximate surface area is 115 Å². The van der Waals surface area contributed by atoms with Crippen molar-refractivity contribution in [2.45, 2.75) is 0 Å². The fourth-order valence-corrected chi connectivity index (χ4v) is 2.60. The molecule has 3 nitrogen and oxygen atoms in total. The highest BCUT2D eigenvalue weighted by Gasteiger charge is 2.18. The van der Waals surface area contributed by atoms with Crippen molar-refractivity contribution in [1.82, 2.24) is 4.57 Å². The van der Waals surface area contributed by atoms with Crippen LogP contribution >= 0.6 is 0 Å². The predicted molar refractivity (Wildman–Crippen MR) is 77.9 cm³/mol. The molecule has 0 aliphatic carbocycles. The first kappa shape index (κ1) is 11.1. The maximum atomic E-state index is 12.8. The van der Waals surface area contributed by atoms with Gasteiger partial charge in [0.2, 0.25) is 0 Å². The molecule has 0 spiro atoms. The molecule has 4 rings (SSSR count). The van der Waals surface area contributed by atoms with E-state index in [4.69, 9.17) is 4.42 Å². The van der Waals surface area contributed by atoms with Gasteiger partial charge in [-0.2, -0.15) is 0 Å². The van der Waals surface area contributed by atoms with Crippen LogP contribution in [0.1, 0.15) is 10.4 Å². The average molecular weight is 261 g/mol. The average Bonchev–Trinajstić information content (AvgIpc) is 3.08. The van der Waals surface area contributed by atoms with Gasteiger partial charge in [0.1, 0.15) is 0 Å². The van der Waals surface area contributed by atoms with E-state index in [1.54, 1.807) is 10.8 Å². The minimum absolute atomic E-state index is 0.0433. The van der Waals surface area contributed by atoms with E-state index in [1.807, 2.05) is 60.7 Å². The van der Waals surface area contributed by atoms with Crippen LogP contribution in [0.2, 0.25) is 0 Å². The Morgan fingerprint density at radius 3 is 2.45 bits per heavy atom. The van der Waals surface area contributed by atoms with Crippen LogP contribution in [0.4, 0.5) is 0 Å². The van der Waals surface area contributed by atoms with Crippen molar-refractivity contribution >= 4 is 27.9 Å². The Morgan fingerprint density at radius 1 is 0.850 bits per heavy atom. The summed E-state index contributed by atoms with van der Waals surface area (Å²) in [4.78, 5) is 12.8. The monoisotopic (exact) mass is 261 g/mol. The van der Waals surface area contributed by atoms with Gasteiger partial charge < -0.3 is 4.42 Å². The van der Waals surface area contributed by atoms with Gasteiger partial charge in [0.25, 0.3) is 5.91 Å². The van der Waals surface area contributed by atoms with Gasteiger partial charge in [0.05, 0.1) is 17.3 Å². The number of carbonyl (C=O) groups is 1. The maximum Gasteiger partial charge on any atom is 0.262 e. The number of carbonyl (C=O) groups excluding carboxylic acids is 1. The van der Waals surface area contributed by atoms with Gasteiger partial charge in [-0.15, -0.1) is 0 Å². The van der Waals surface area contributed by atoms with Crippen molar-refractivity contribution < 1.29 is 9.21 Å². The Bertz CT molecular complexity index is 916. The molecule has 0 fully saturated rings. The maximum absolute atomic E-state index is 12.8. The molecule has 0 saturated carbocycles. The molecule has 0 saturated heterocycles. The van der Waals surface area contributed by atoms with E-state index in [9.17, 15) is 4.79 Å². The highest BCUT2D eigenvalue weighted by atomic mass is 16.3. The lowest BCUT2D eigenvalue weighted by Crippen LogP contribution is -2.11. The molecular formula is C17H11NO2. The van der Waals surface area contributed by atoms with Crippen LogP contribution in [0.15, 0.2) is 71.3 Å². The van der Waals surface area contributed by atoms with Gasteiger partial charge >= 0.3 is 0 Å². The third-order valence-corrected chi connectivity index (χ3v) is 3.50. The lowest BCUT2D eigenvalue weighted by Gasteiger charge is -2.04. The summed E-state index contributed by atoms with van der Waals surface area (Å²) in [5, 5.41) is 0.955. The summed E-state index contributed by atoms with van der Waals surface area (Å²) in [5.74, 6) is -0.0433. The topological polar surface area (TPSA) is 35.1 Å². The first-order chi connectivity index (χ1) is 9.86. The largest absolute Gasteiger partial charge is 0.462 e. The molecule has 0 aliphatic rings. The Morgan fingerprint density at radius 2 is 1.60 bits per heavy atom. The second-order valence-corrected chi connectivity index (χ2v) is 4.66. The molecule has 0 N–H and O–H groups in total. The first-order valence-corrected chi connectivity index (χ1v) is 6.42. The van der Waals surface area contributed by atoms with E-state index in [0.29, 0.717) is 5.56 Å². The molecule has 2 aromatic heterocycles. The SMILES string of the molecule is O=C(c1ccccc1)n1c2ccccc2c2occc21. The number of hydrogen-bond donors (Lipinski definition) is 0. The third kappa shape index (κ3) is 1.43. The zero-order valence-electron chi connectivity index (χ0n) is 10.6. The second kappa shape index (κ2) is 4.10.